The van der Waals surface area contributed by atoms with Crippen molar-refractivity contribution in [2.45, 2.75) is 219 Å². The third-order valence-corrected chi connectivity index (χ3v) is 9.77. The highest BCUT2D eigenvalue weighted by Crippen LogP contribution is 2.14. The lowest BCUT2D eigenvalue weighted by Gasteiger charge is -2.18. The molecule has 326 valence electrons. The summed E-state index contributed by atoms with van der Waals surface area (Å²) in [6.45, 7) is 6.33. The molecule has 0 aromatic heterocycles. The van der Waals surface area contributed by atoms with Crippen molar-refractivity contribution in [3.05, 3.63) is 72.9 Å². The molecule has 0 N–H and O–H groups in total. The van der Waals surface area contributed by atoms with Gasteiger partial charge in [0.2, 0.25) is 0 Å². The molecule has 1 atom stereocenters. The predicted octanol–water partition coefficient (Wildman–Crippen LogP) is 15.1. The average molecular weight is 795 g/mol. The normalized spacial score (nSPS) is 12.7. The van der Waals surface area contributed by atoms with Crippen LogP contribution in [-0.4, -0.2) is 37.2 Å². The minimum absolute atomic E-state index is 0.0939. The Labute approximate surface area is 351 Å². The predicted molar refractivity (Wildman–Crippen MR) is 242 cm³/mol. The Morgan fingerprint density at radius 3 is 1.30 bits per heavy atom. The Hall–Kier alpha value is -3.15. The largest absolute Gasteiger partial charge is 0.462 e. The summed E-state index contributed by atoms with van der Waals surface area (Å²) in [4.78, 5) is 37.8. The third-order valence-electron chi connectivity index (χ3n) is 9.77. The van der Waals surface area contributed by atoms with Crippen LogP contribution in [0.4, 0.5) is 0 Å². The molecular weight excluding hydrogens is 709 g/mol. The van der Waals surface area contributed by atoms with Gasteiger partial charge in [-0.3, -0.25) is 14.4 Å². The van der Waals surface area contributed by atoms with Crippen molar-refractivity contribution < 1.29 is 28.6 Å². The van der Waals surface area contributed by atoms with E-state index in [2.05, 4.69) is 93.7 Å². The molecule has 0 radical (unpaired) electrons. The van der Waals surface area contributed by atoms with Gasteiger partial charge in [0.1, 0.15) is 13.2 Å². The zero-order chi connectivity index (χ0) is 41.5. The van der Waals surface area contributed by atoms with Gasteiger partial charge in [-0.05, 0) is 70.6 Å². The minimum Gasteiger partial charge on any atom is -0.462 e. The molecule has 0 amide bonds. The van der Waals surface area contributed by atoms with E-state index in [4.69, 9.17) is 14.2 Å². The van der Waals surface area contributed by atoms with Crippen molar-refractivity contribution in [3.63, 3.8) is 0 Å². The van der Waals surface area contributed by atoms with Crippen LogP contribution in [0.1, 0.15) is 213 Å². The summed E-state index contributed by atoms with van der Waals surface area (Å²) in [7, 11) is 0. The summed E-state index contributed by atoms with van der Waals surface area (Å²) in [6.07, 6.45) is 56.0. The van der Waals surface area contributed by atoms with Crippen LogP contribution >= 0.6 is 0 Å². The highest BCUT2D eigenvalue weighted by Gasteiger charge is 2.19. The lowest BCUT2D eigenvalue weighted by atomic mass is 10.0. The van der Waals surface area contributed by atoms with Crippen molar-refractivity contribution in [3.8, 4) is 0 Å². The van der Waals surface area contributed by atoms with Gasteiger partial charge < -0.3 is 14.2 Å². The highest BCUT2D eigenvalue weighted by molar-refractivity contribution is 5.71. The standard InChI is InChI=1S/C51H86O6/c1-4-7-10-13-16-19-22-25-26-27-30-32-35-38-41-44-50(53)56-47-48(57-51(54)45-42-39-36-33-29-24-21-18-15-12-9-6-3)46-55-49(52)43-40-37-34-31-28-23-20-17-14-11-8-5-2/h7,9-10,12-13,16,18-19,21-22,29,33,48H,4-6,8,11,14-15,17,20,23-28,30-32,34-47H2,1-3H3/b10-7-,12-9-,16-13-,21-18-,22-19-,33-29-. The number of carbonyl (C=O) groups excluding carboxylic acids is 3. The van der Waals surface area contributed by atoms with Gasteiger partial charge in [-0.15, -0.1) is 0 Å². The van der Waals surface area contributed by atoms with Gasteiger partial charge in [0.15, 0.2) is 6.10 Å². The fraction of sp³-hybridized carbons (Fsp3) is 0.706. The van der Waals surface area contributed by atoms with Crippen LogP contribution in [0.5, 0.6) is 0 Å². The van der Waals surface area contributed by atoms with E-state index in [1.165, 1.54) is 83.5 Å². The van der Waals surface area contributed by atoms with Crippen LogP contribution in [0.3, 0.4) is 0 Å². The van der Waals surface area contributed by atoms with Crippen LogP contribution in [0.15, 0.2) is 72.9 Å². The van der Waals surface area contributed by atoms with E-state index in [-0.39, 0.29) is 37.5 Å². The Bertz CT molecular complexity index is 1100. The third kappa shape index (κ3) is 43.8. The number of carbonyl (C=O) groups is 3. The second-order valence-electron chi connectivity index (χ2n) is 15.3. The van der Waals surface area contributed by atoms with Gasteiger partial charge in [-0.1, -0.05) is 196 Å². The molecule has 6 nitrogen and oxygen atoms in total. The SMILES string of the molecule is CC\C=C/C=C\C=C/CCCCCCCCCC(=O)OCC(COC(=O)CCCCCCCCCCCCCC)OC(=O)CCCC/C=C\C/C=C\C/C=C\CC. The minimum atomic E-state index is -0.796. The van der Waals surface area contributed by atoms with E-state index >= 15 is 0 Å². The molecule has 6 heteroatoms. The first-order valence-corrected chi connectivity index (χ1v) is 23.5. The second kappa shape index (κ2) is 45.6. The zero-order valence-corrected chi connectivity index (χ0v) is 37.1. The molecule has 0 bridgehead atoms. The Morgan fingerprint density at radius 2 is 0.772 bits per heavy atom. The van der Waals surface area contributed by atoms with Gasteiger partial charge in [0.25, 0.3) is 0 Å². The number of ether oxygens (including phenoxy) is 3. The molecule has 0 aliphatic carbocycles. The van der Waals surface area contributed by atoms with E-state index in [9.17, 15) is 14.4 Å². The molecular formula is C51H86O6. The smallest absolute Gasteiger partial charge is 0.306 e. The summed E-state index contributed by atoms with van der Waals surface area (Å²) < 4.78 is 16.7. The topological polar surface area (TPSA) is 78.9 Å². The zero-order valence-electron chi connectivity index (χ0n) is 37.1. The molecule has 57 heavy (non-hydrogen) atoms. The molecule has 0 aliphatic heterocycles. The van der Waals surface area contributed by atoms with E-state index in [0.29, 0.717) is 19.3 Å². The summed E-state index contributed by atoms with van der Waals surface area (Å²) in [6, 6.07) is 0. The van der Waals surface area contributed by atoms with Crippen molar-refractivity contribution >= 4 is 17.9 Å². The van der Waals surface area contributed by atoms with Crippen LogP contribution in [0.2, 0.25) is 0 Å². The Balaban J connectivity index is 4.44. The van der Waals surface area contributed by atoms with Gasteiger partial charge in [-0.25, -0.2) is 0 Å². The quantitative estimate of drug-likeness (QED) is 0.0202. The summed E-state index contributed by atoms with van der Waals surface area (Å²) >= 11 is 0. The van der Waals surface area contributed by atoms with Gasteiger partial charge in [0.05, 0.1) is 0 Å². The summed E-state index contributed by atoms with van der Waals surface area (Å²) in [5.74, 6) is -0.950. The van der Waals surface area contributed by atoms with Gasteiger partial charge >= 0.3 is 17.9 Å². The maximum absolute atomic E-state index is 12.7. The fourth-order valence-corrected chi connectivity index (χ4v) is 6.28. The first-order chi connectivity index (χ1) is 28.0. The van der Waals surface area contributed by atoms with E-state index < -0.39 is 6.10 Å². The Kier molecular flexibility index (Phi) is 43.0. The molecule has 0 rings (SSSR count). The van der Waals surface area contributed by atoms with Crippen molar-refractivity contribution in [1.29, 1.82) is 0 Å². The molecule has 0 saturated carbocycles. The number of rotatable bonds is 41. The Morgan fingerprint density at radius 1 is 0.386 bits per heavy atom. The maximum Gasteiger partial charge on any atom is 0.306 e. The van der Waals surface area contributed by atoms with Crippen molar-refractivity contribution in [1.82, 2.24) is 0 Å². The molecule has 0 aromatic rings. The average Bonchev–Trinajstić information content (AvgIpc) is 3.21. The van der Waals surface area contributed by atoms with Crippen LogP contribution in [0.25, 0.3) is 0 Å². The first kappa shape index (κ1) is 53.9. The number of hydrogen-bond donors (Lipinski definition) is 0. The monoisotopic (exact) mass is 795 g/mol. The lowest BCUT2D eigenvalue weighted by molar-refractivity contribution is -0.167. The number of allylic oxidation sites excluding steroid dienone is 12. The molecule has 0 aliphatic rings. The molecule has 0 fully saturated rings. The molecule has 0 aromatic carbocycles. The van der Waals surface area contributed by atoms with Crippen LogP contribution in [0, 0.1) is 0 Å². The molecule has 0 saturated heterocycles. The molecule has 0 spiro atoms. The second-order valence-corrected chi connectivity index (χ2v) is 15.3. The first-order valence-electron chi connectivity index (χ1n) is 23.5. The van der Waals surface area contributed by atoms with Crippen LogP contribution in [-0.2, 0) is 28.6 Å². The van der Waals surface area contributed by atoms with E-state index in [1.807, 2.05) is 0 Å². The van der Waals surface area contributed by atoms with Crippen molar-refractivity contribution in [2.75, 3.05) is 13.2 Å². The van der Waals surface area contributed by atoms with Crippen LogP contribution < -0.4 is 0 Å². The number of esters is 3. The number of hydrogen-bond acceptors (Lipinski definition) is 6. The van der Waals surface area contributed by atoms with E-state index in [1.54, 1.807) is 0 Å². The fourth-order valence-electron chi connectivity index (χ4n) is 6.28. The van der Waals surface area contributed by atoms with Gasteiger partial charge in [-0.2, -0.15) is 0 Å². The molecule has 0 heterocycles. The number of unbranched alkanes of at least 4 members (excludes halogenated alkanes) is 20. The van der Waals surface area contributed by atoms with Gasteiger partial charge in [0, 0.05) is 19.3 Å². The maximum atomic E-state index is 12.7. The summed E-state index contributed by atoms with van der Waals surface area (Å²) in [5.41, 5.74) is 0. The molecule has 1 unspecified atom stereocenters. The van der Waals surface area contributed by atoms with Crippen molar-refractivity contribution in [2.24, 2.45) is 0 Å². The lowest BCUT2D eigenvalue weighted by Crippen LogP contribution is -2.30. The highest BCUT2D eigenvalue weighted by atomic mass is 16.6. The summed E-state index contributed by atoms with van der Waals surface area (Å²) in [5, 5.41) is 0. The van der Waals surface area contributed by atoms with E-state index in [0.717, 1.165) is 83.5 Å².